The fourth-order valence-corrected chi connectivity index (χ4v) is 2.58. The highest BCUT2D eigenvalue weighted by Crippen LogP contribution is 2.27. The molecule has 2 atom stereocenters. The van der Waals surface area contributed by atoms with E-state index in [1.807, 2.05) is 30.3 Å². The summed E-state index contributed by atoms with van der Waals surface area (Å²) < 4.78 is 5.66. The third kappa shape index (κ3) is 4.04. The summed E-state index contributed by atoms with van der Waals surface area (Å²) in [6.45, 7) is 4.01. The van der Waals surface area contributed by atoms with Gasteiger partial charge in [-0.2, -0.15) is 0 Å². The molecule has 0 amide bonds. The summed E-state index contributed by atoms with van der Waals surface area (Å²) in [5.41, 5.74) is 0. The lowest BCUT2D eigenvalue weighted by Crippen LogP contribution is -2.30. The minimum atomic E-state index is 0.722. The van der Waals surface area contributed by atoms with Crippen molar-refractivity contribution in [2.45, 2.75) is 38.6 Å². The van der Waals surface area contributed by atoms with Crippen molar-refractivity contribution in [1.82, 2.24) is 5.32 Å². The number of rotatable bonds is 6. The Morgan fingerprint density at radius 1 is 1.24 bits per heavy atom. The molecule has 2 heteroatoms. The van der Waals surface area contributed by atoms with E-state index in [-0.39, 0.29) is 0 Å². The Hall–Kier alpha value is -1.02. The van der Waals surface area contributed by atoms with Gasteiger partial charge in [-0.3, -0.25) is 0 Å². The van der Waals surface area contributed by atoms with Crippen LogP contribution in [-0.4, -0.2) is 19.2 Å². The van der Waals surface area contributed by atoms with Crippen molar-refractivity contribution < 1.29 is 4.74 Å². The van der Waals surface area contributed by atoms with Crippen LogP contribution in [0.2, 0.25) is 0 Å². The highest BCUT2D eigenvalue weighted by atomic mass is 16.5. The van der Waals surface area contributed by atoms with Gasteiger partial charge in [-0.25, -0.2) is 0 Å². The summed E-state index contributed by atoms with van der Waals surface area (Å²) in [4.78, 5) is 0. The standard InChI is InChI=1S/C15H23NO/c1-2-13-8-9-14(12-13)16-10-11-17-15-6-4-3-5-7-15/h3-7,13-14,16H,2,8-12H2,1H3. The Bertz CT molecular complexity index is 312. The summed E-state index contributed by atoms with van der Waals surface area (Å²) in [5.74, 6) is 1.91. The molecule has 94 valence electrons. The number of hydrogen-bond donors (Lipinski definition) is 1. The summed E-state index contributed by atoms with van der Waals surface area (Å²) in [7, 11) is 0. The van der Waals surface area contributed by atoms with Gasteiger partial charge in [-0.1, -0.05) is 31.5 Å². The minimum Gasteiger partial charge on any atom is -0.492 e. The highest BCUT2D eigenvalue weighted by molar-refractivity contribution is 5.20. The van der Waals surface area contributed by atoms with Crippen LogP contribution in [0.4, 0.5) is 0 Å². The lowest BCUT2D eigenvalue weighted by Gasteiger charge is -2.13. The maximum absolute atomic E-state index is 5.66. The highest BCUT2D eigenvalue weighted by Gasteiger charge is 2.22. The van der Waals surface area contributed by atoms with Crippen molar-refractivity contribution >= 4 is 0 Å². The van der Waals surface area contributed by atoms with E-state index in [4.69, 9.17) is 4.74 Å². The molecule has 1 fully saturated rings. The molecule has 0 spiro atoms. The van der Waals surface area contributed by atoms with Crippen molar-refractivity contribution in [3.05, 3.63) is 30.3 Å². The molecule has 17 heavy (non-hydrogen) atoms. The molecule has 0 bridgehead atoms. The van der Waals surface area contributed by atoms with Crippen molar-refractivity contribution in [1.29, 1.82) is 0 Å². The Balaban J connectivity index is 1.58. The first kappa shape index (κ1) is 12.4. The van der Waals surface area contributed by atoms with E-state index in [0.717, 1.165) is 30.9 Å². The third-order valence-corrected chi connectivity index (χ3v) is 3.67. The van der Waals surface area contributed by atoms with E-state index >= 15 is 0 Å². The van der Waals surface area contributed by atoms with Crippen LogP contribution in [0.1, 0.15) is 32.6 Å². The zero-order valence-corrected chi connectivity index (χ0v) is 10.7. The van der Waals surface area contributed by atoms with E-state index in [0.29, 0.717) is 0 Å². The van der Waals surface area contributed by atoms with Crippen LogP contribution in [0, 0.1) is 5.92 Å². The molecular weight excluding hydrogens is 210 g/mol. The molecule has 1 N–H and O–H groups in total. The van der Waals surface area contributed by atoms with Crippen molar-refractivity contribution in [2.75, 3.05) is 13.2 Å². The van der Waals surface area contributed by atoms with E-state index in [1.165, 1.54) is 25.7 Å². The van der Waals surface area contributed by atoms with Gasteiger partial charge < -0.3 is 10.1 Å². The average molecular weight is 233 g/mol. The summed E-state index contributed by atoms with van der Waals surface area (Å²) in [5, 5.41) is 3.59. The molecule has 0 heterocycles. The van der Waals surface area contributed by atoms with E-state index in [1.54, 1.807) is 0 Å². The SMILES string of the molecule is CCC1CCC(NCCOc2ccccc2)C1. The number of hydrogen-bond acceptors (Lipinski definition) is 2. The zero-order chi connectivity index (χ0) is 11.9. The maximum atomic E-state index is 5.66. The Kier molecular flexibility index (Phi) is 4.87. The van der Waals surface area contributed by atoms with Crippen LogP contribution in [0.15, 0.2) is 30.3 Å². The molecular formula is C15H23NO. The second-order valence-electron chi connectivity index (χ2n) is 4.90. The summed E-state index contributed by atoms with van der Waals surface area (Å²) in [6.07, 6.45) is 5.41. The van der Waals surface area contributed by atoms with Gasteiger partial charge in [0, 0.05) is 12.6 Å². The first-order chi connectivity index (χ1) is 8.38. The van der Waals surface area contributed by atoms with Crippen LogP contribution in [0.3, 0.4) is 0 Å². The van der Waals surface area contributed by atoms with Crippen molar-refractivity contribution in [3.63, 3.8) is 0 Å². The van der Waals surface area contributed by atoms with Gasteiger partial charge in [-0.05, 0) is 37.3 Å². The molecule has 1 aromatic rings. The second kappa shape index (κ2) is 6.65. The van der Waals surface area contributed by atoms with Crippen LogP contribution < -0.4 is 10.1 Å². The fraction of sp³-hybridized carbons (Fsp3) is 0.600. The predicted molar refractivity (Wildman–Crippen MR) is 71.4 cm³/mol. The normalized spacial score (nSPS) is 23.8. The largest absolute Gasteiger partial charge is 0.492 e. The number of para-hydroxylation sites is 1. The van der Waals surface area contributed by atoms with E-state index in [9.17, 15) is 0 Å². The van der Waals surface area contributed by atoms with Gasteiger partial charge >= 0.3 is 0 Å². The molecule has 1 saturated carbocycles. The zero-order valence-electron chi connectivity index (χ0n) is 10.7. The van der Waals surface area contributed by atoms with E-state index in [2.05, 4.69) is 12.2 Å². The number of benzene rings is 1. The van der Waals surface area contributed by atoms with Crippen LogP contribution in [-0.2, 0) is 0 Å². The molecule has 0 saturated heterocycles. The van der Waals surface area contributed by atoms with Crippen LogP contribution in [0.5, 0.6) is 5.75 Å². The molecule has 2 rings (SSSR count). The molecule has 1 aliphatic rings. The van der Waals surface area contributed by atoms with Crippen LogP contribution >= 0.6 is 0 Å². The lowest BCUT2D eigenvalue weighted by atomic mass is 10.1. The summed E-state index contributed by atoms with van der Waals surface area (Å²) in [6, 6.07) is 10.7. The van der Waals surface area contributed by atoms with Gasteiger partial charge in [0.25, 0.3) is 0 Å². The second-order valence-corrected chi connectivity index (χ2v) is 4.90. The predicted octanol–water partition coefficient (Wildman–Crippen LogP) is 3.23. The molecule has 2 unspecified atom stereocenters. The van der Waals surface area contributed by atoms with Gasteiger partial charge in [-0.15, -0.1) is 0 Å². The molecule has 0 aliphatic heterocycles. The third-order valence-electron chi connectivity index (χ3n) is 3.67. The van der Waals surface area contributed by atoms with Crippen molar-refractivity contribution in [3.8, 4) is 5.75 Å². The maximum Gasteiger partial charge on any atom is 0.119 e. The Morgan fingerprint density at radius 3 is 2.76 bits per heavy atom. The van der Waals surface area contributed by atoms with Gasteiger partial charge in [0.1, 0.15) is 12.4 Å². The van der Waals surface area contributed by atoms with Gasteiger partial charge in [0.05, 0.1) is 0 Å². The Morgan fingerprint density at radius 2 is 2.06 bits per heavy atom. The van der Waals surface area contributed by atoms with Crippen molar-refractivity contribution in [2.24, 2.45) is 5.92 Å². The average Bonchev–Trinajstić information content (AvgIpc) is 2.84. The monoisotopic (exact) mass is 233 g/mol. The van der Waals surface area contributed by atoms with E-state index < -0.39 is 0 Å². The number of nitrogens with one attached hydrogen (secondary N) is 1. The topological polar surface area (TPSA) is 21.3 Å². The first-order valence-electron chi connectivity index (χ1n) is 6.79. The molecule has 0 radical (unpaired) electrons. The van der Waals surface area contributed by atoms with Crippen LogP contribution in [0.25, 0.3) is 0 Å². The molecule has 2 nitrogen and oxygen atoms in total. The quantitative estimate of drug-likeness (QED) is 0.762. The summed E-state index contributed by atoms with van der Waals surface area (Å²) >= 11 is 0. The number of ether oxygens (including phenoxy) is 1. The van der Waals surface area contributed by atoms with Gasteiger partial charge in [0.2, 0.25) is 0 Å². The molecule has 1 aromatic carbocycles. The first-order valence-corrected chi connectivity index (χ1v) is 6.79. The Labute approximate surface area is 104 Å². The van der Waals surface area contributed by atoms with Gasteiger partial charge in [0.15, 0.2) is 0 Å². The lowest BCUT2D eigenvalue weighted by molar-refractivity contribution is 0.304. The molecule has 0 aromatic heterocycles. The fourth-order valence-electron chi connectivity index (χ4n) is 2.58. The smallest absolute Gasteiger partial charge is 0.119 e. The molecule has 1 aliphatic carbocycles. The minimum absolute atomic E-state index is 0.722.